The van der Waals surface area contributed by atoms with Crippen molar-refractivity contribution in [1.82, 2.24) is 0 Å². The molecule has 2 aliphatic rings. The van der Waals surface area contributed by atoms with Gasteiger partial charge in [0.25, 0.3) is 0 Å². The standard InChI is InChI=1S/C11H17F3O6S/c1-6-4-17-9(7-5-18-10(2,3)19-7)8(6)20-21(15,16)11(12,13)14/h6-9H,4-5H2,1-3H3/t6-,7+,8+,9+/m0/s1. The Kier molecular flexibility index (Phi) is 4.31. The molecule has 0 aromatic heterocycles. The summed E-state index contributed by atoms with van der Waals surface area (Å²) in [6.45, 7) is 5.03. The molecule has 6 nitrogen and oxygen atoms in total. The first-order valence-electron chi connectivity index (χ1n) is 6.36. The van der Waals surface area contributed by atoms with Crippen molar-refractivity contribution in [2.24, 2.45) is 5.92 Å². The molecule has 2 saturated heterocycles. The zero-order chi connectivity index (χ0) is 16.1. The first kappa shape index (κ1) is 16.9. The average Bonchev–Trinajstić information content (AvgIpc) is 2.81. The molecule has 0 aliphatic carbocycles. The first-order valence-corrected chi connectivity index (χ1v) is 7.77. The van der Waals surface area contributed by atoms with Crippen molar-refractivity contribution in [2.45, 2.75) is 50.4 Å². The van der Waals surface area contributed by atoms with Crippen LogP contribution in [-0.4, -0.2) is 51.2 Å². The molecule has 4 atom stereocenters. The fourth-order valence-corrected chi connectivity index (χ4v) is 3.02. The minimum atomic E-state index is -5.68. The molecule has 0 bridgehead atoms. The van der Waals surface area contributed by atoms with Crippen LogP contribution in [0.3, 0.4) is 0 Å². The maximum absolute atomic E-state index is 12.4. The summed E-state index contributed by atoms with van der Waals surface area (Å²) in [7, 11) is -5.68. The monoisotopic (exact) mass is 334 g/mol. The molecule has 0 amide bonds. The van der Waals surface area contributed by atoms with Crippen LogP contribution in [0.15, 0.2) is 0 Å². The van der Waals surface area contributed by atoms with E-state index < -0.39 is 45.6 Å². The van der Waals surface area contributed by atoms with E-state index >= 15 is 0 Å². The highest BCUT2D eigenvalue weighted by Crippen LogP contribution is 2.36. The van der Waals surface area contributed by atoms with Gasteiger partial charge in [0.2, 0.25) is 0 Å². The van der Waals surface area contributed by atoms with Crippen molar-refractivity contribution >= 4 is 10.1 Å². The molecule has 2 rings (SSSR count). The fraction of sp³-hybridized carbons (Fsp3) is 1.00. The molecule has 2 heterocycles. The molecular formula is C11H17F3O6S. The summed E-state index contributed by atoms with van der Waals surface area (Å²) in [4.78, 5) is 0. The third-order valence-corrected chi connectivity index (χ3v) is 4.40. The molecule has 21 heavy (non-hydrogen) atoms. The van der Waals surface area contributed by atoms with Gasteiger partial charge in [-0.1, -0.05) is 6.92 Å². The van der Waals surface area contributed by atoms with Gasteiger partial charge in [-0.25, -0.2) is 0 Å². The lowest BCUT2D eigenvalue weighted by Crippen LogP contribution is -2.43. The summed E-state index contributed by atoms with van der Waals surface area (Å²) in [6, 6.07) is 0. The molecule has 10 heteroatoms. The van der Waals surface area contributed by atoms with Crippen LogP contribution >= 0.6 is 0 Å². The SMILES string of the molecule is C[C@H]1CO[C@H]([C@H]2COC(C)(C)O2)[C@@H]1OS(=O)(=O)C(F)(F)F. The van der Waals surface area contributed by atoms with E-state index in [9.17, 15) is 21.6 Å². The average molecular weight is 334 g/mol. The lowest BCUT2D eigenvalue weighted by atomic mass is 10.0. The van der Waals surface area contributed by atoms with Gasteiger partial charge in [-0.15, -0.1) is 0 Å². The molecular weight excluding hydrogens is 317 g/mol. The normalized spacial score (nSPS) is 37.0. The van der Waals surface area contributed by atoms with Crippen LogP contribution in [0.2, 0.25) is 0 Å². The van der Waals surface area contributed by atoms with Crippen molar-refractivity contribution in [2.75, 3.05) is 13.2 Å². The maximum atomic E-state index is 12.4. The summed E-state index contributed by atoms with van der Waals surface area (Å²) in [5.74, 6) is -1.41. The molecule has 0 radical (unpaired) electrons. The van der Waals surface area contributed by atoms with Crippen LogP contribution < -0.4 is 0 Å². The van der Waals surface area contributed by atoms with Gasteiger partial charge in [0.05, 0.1) is 13.2 Å². The minimum absolute atomic E-state index is 0.0863. The van der Waals surface area contributed by atoms with Gasteiger partial charge in [-0.3, -0.25) is 4.18 Å². The summed E-state index contributed by atoms with van der Waals surface area (Å²) in [5, 5.41) is 0. The molecule has 0 unspecified atom stereocenters. The maximum Gasteiger partial charge on any atom is 0.523 e. The number of halogens is 3. The topological polar surface area (TPSA) is 71.1 Å². The van der Waals surface area contributed by atoms with E-state index in [-0.39, 0.29) is 13.2 Å². The predicted molar refractivity (Wildman–Crippen MR) is 63.7 cm³/mol. The van der Waals surface area contributed by atoms with Gasteiger partial charge in [-0.2, -0.15) is 21.6 Å². The van der Waals surface area contributed by atoms with Crippen molar-refractivity contribution < 1.29 is 40.0 Å². The Labute approximate surface area is 120 Å². The summed E-state index contributed by atoms with van der Waals surface area (Å²) >= 11 is 0. The van der Waals surface area contributed by atoms with Gasteiger partial charge in [-0.05, 0) is 13.8 Å². The Morgan fingerprint density at radius 3 is 2.33 bits per heavy atom. The van der Waals surface area contributed by atoms with E-state index in [4.69, 9.17) is 14.2 Å². The Balaban J connectivity index is 2.13. The second-order valence-corrected chi connectivity index (χ2v) is 7.17. The molecule has 0 aromatic carbocycles. The Morgan fingerprint density at radius 2 is 1.86 bits per heavy atom. The third kappa shape index (κ3) is 3.50. The number of hydrogen-bond acceptors (Lipinski definition) is 6. The first-order chi connectivity index (χ1) is 9.43. The molecule has 124 valence electrons. The van der Waals surface area contributed by atoms with Crippen LogP contribution in [0.5, 0.6) is 0 Å². The van der Waals surface area contributed by atoms with Crippen molar-refractivity contribution in [3.63, 3.8) is 0 Å². The highest BCUT2D eigenvalue weighted by molar-refractivity contribution is 7.87. The Morgan fingerprint density at radius 1 is 1.24 bits per heavy atom. The van der Waals surface area contributed by atoms with E-state index in [1.165, 1.54) is 0 Å². The fourth-order valence-electron chi connectivity index (χ4n) is 2.32. The summed E-state index contributed by atoms with van der Waals surface area (Å²) in [6.07, 6.45) is -2.88. The van der Waals surface area contributed by atoms with Crippen molar-refractivity contribution in [1.29, 1.82) is 0 Å². The lowest BCUT2D eigenvalue weighted by molar-refractivity contribution is -0.157. The number of alkyl halides is 3. The number of ether oxygens (including phenoxy) is 3. The van der Waals surface area contributed by atoms with Gasteiger partial charge in [0.15, 0.2) is 5.79 Å². The Hall–Kier alpha value is -0.420. The highest BCUT2D eigenvalue weighted by atomic mass is 32.2. The zero-order valence-corrected chi connectivity index (χ0v) is 12.5. The molecule has 0 saturated carbocycles. The van der Waals surface area contributed by atoms with Crippen LogP contribution in [0.1, 0.15) is 20.8 Å². The second kappa shape index (κ2) is 5.34. The molecule has 2 fully saturated rings. The van der Waals surface area contributed by atoms with Gasteiger partial charge >= 0.3 is 15.6 Å². The van der Waals surface area contributed by atoms with Crippen LogP contribution in [0.25, 0.3) is 0 Å². The van der Waals surface area contributed by atoms with Crippen LogP contribution in [-0.2, 0) is 28.5 Å². The predicted octanol–water partition coefficient (Wildman–Crippen LogP) is 1.41. The summed E-state index contributed by atoms with van der Waals surface area (Å²) < 4.78 is 80.2. The second-order valence-electron chi connectivity index (χ2n) is 5.60. The zero-order valence-electron chi connectivity index (χ0n) is 11.7. The van der Waals surface area contributed by atoms with Crippen molar-refractivity contribution in [3.8, 4) is 0 Å². The smallest absolute Gasteiger partial charge is 0.372 e. The lowest BCUT2D eigenvalue weighted by Gasteiger charge is -2.26. The highest BCUT2D eigenvalue weighted by Gasteiger charge is 2.54. The Bertz CT molecular complexity index is 489. The van der Waals surface area contributed by atoms with E-state index in [0.717, 1.165) is 0 Å². The van der Waals surface area contributed by atoms with E-state index in [1.54, 1.807) is 20.8 Å². The minimum Gasteiger partial charge on any atom is -0.372 e. The van der Waals surface area contributed by atoms with Crippen molar-refractivity contribution in [3.05, 3.63) is 0 Å². The number of rotatable bonds is 3. The van der Waals surface area contributed by atoms with Gasteiger partial charge in [0.1, 0.15) is 18.3 Å². The molecule has 2 aliphatic heterocycles. The molecule has 0 spiro atoms. The third-order valence-electron chi connectivity index (χ3n) is 3.35. The van der Waals surface area contributed by atoms with Gasteiger partial charge < -0.3 is 14.2 Å². The van der Waals surface area contributed by atoms with E-state index in [1.807, 2.05) is 0 Å². The summed E-state index contributed by atoms with van der Waals surface area (Å²) in [5.41, 5.74) is -5.47. The van der Waals surface area contributed by atoms with Crippen LogP contribution in [0.4, 0.5) is 13.2 Å². The molecule has 0 aromatic rings. The van der Waals surface area contributed by atoms with Crippen LogP contribution in [0, 0.1) is 5.92 Å². The van der Waals surface area contributed by atoms with Gasteiger partial charge in [0, 0.05) is 5.92 Å². The molecule has 0 N–H and O–H groups in total. The quantitative estimate of drug-likeness (QED) is 0.574. The largest absolute Gasteiger partial charge is 0.523 e. The number of hydrogen-bond donors (Lipinski definition) is 0. The van der Waals surface area contributed by atoms with E-state index in [0.29, 0.717) is 0 Å². The van der Waals surface area contributed by atoms with E-state index in [2.05, 4.69) is 4.18 Å².